The number of imidazole rings is 1. The van der Waals surface area contributed by atoms with Crippen LogP contribution in [0.2, 0.25) is 0 Å². The minimum Gasteiger partial charge on any atom is -0.379 e. The van der Waals surface area contributed by atoms with Crippen molar-refractivity contribution in [2.24, 2.45) is 0 Å². The number of amides is 1. The summed E-state index contributed by atoms with van der Waals surface area (Å²) in [6, 6.07) is 7.91. The Morgan fingerprint density at radius 3 is 2.87 bits per heavy atom. The highest BCUT2D eigenvalue weighted by Crippen LogP contribution is 2.29. The minimum absolute atomic E-state index is 0.0244. The van der Waals surface area contributed by atoms with Gasteiger partial charge in [0.15, 0.2) is 0 Å². The van der Waals surface area contributed by atoms with E-state index in [1.165, 1.54) is 0 Å². The molecule has 1 saturated heterocycles. The highest BCUT2D eigenvalue weighted by Gasteiger charge is 2.32. The Kier molecular flexibility index (Phi) is 3.79. The number of aromatic nitrogens is 2. The average Bonchev–Trinajstić information content (AvgIpc) is 2.98. The number of para-hydroxylation sites is 2. The smallest absolute Gasteiger partial charge is 0.329 e. The first-order chi connectivity index (χ1) is 11.2. The number of rotatable bonds is 3. The molecule has 2 aromatic rings. The number of fused-ring (bicyclic) bond motifs is 3. The molecule has 3 heterocycles. The molecule has 0 saturated carbocycles. The van der Waals surface area contributed by atoms with Gasteiger partial charge >= 0.3 is 6.03 Å². The molecule has 6 nitrogen and oxygen atoms in total. The van der Waals surface area contributed by atoms with E-state index in [9.17, 15) is 4.79 Å². The molecule has 1 atom stereocenters. The fraction of sp³-hybridized carbons (Fsp3) is 0.529. The molecule has 2 aliphatic heterocycles. The average molecular weight is 314 g/mol. The number of carbonyl (C=O) groups excluding carboxylic acids is 1. The Hall–Kier alpha value is -1.92. The molecule has 0 aliphatic carbocycles. The summed E-state index contributed by atoms with van der Waals surface area (Å²) in [5, 5.41) is 0. The summed E-state index contributed by atoms with van der Waals surface area (Å²) in [4.78, 5) is 21.6. The number of morpholine rings is 1. The molecule has 122 valence electrons. The van der Waals surface area contributed by atoms with Gasteiger partial charge < -0.3 is 9.64 Å². The molecule has 0 spiro atoms. The number of nitrogens with zero attached hydrogens (tertiary/aromatic N) is 4. The van der Waals surface area contributed by atoms with Gasteiger partial charge in [0.1, 0.15) is 5.82 Å². The van der Waals surface area contributed by atoms with E-state index in [2.05, 4.69) is 4.90 Å². The van der Waals surface area contributed by atoms with Gasteiger partial charge in [-0.15, -0.1) is 0 Å². The first kappa shape index (κ1) is 14.7. The Balaban J connectivity index is 1.61. The molecule has 4 rings (SSSR count). The van der Waals surface area contributed by atoms with Crippen molar-refractivity contribution in [1.29, 1.82) is 0 Å². The molecular weight excluding hydrogens is 292 g/mol. The van der Waals surface area contributed by atoms with Crippen LogP contribution in [0.1, 0.15) is 18.2 Å². The van der Waals surface area contributed by atoms with Crippen LogP contribution in [0, 0.1) is 0 Å². The van der Waals surface area contributed by atoms with Gasteiger partial charge in [0.2, 0.25) is 0 Å². The number of ether oxygens (including phenoxy) is 1. The van der Waals surface area contributed by atoms with E-state index in [1.807, 2.05) is 36.2 Å². The Bertz CT molecular complexity index is 720. The van der Waals surface area contributed by atoms with Crippen molar-refractivity contribution < 1.29 is 9.53 Å². The molecule has 0 N–H and O–H groups in total. The normalized spacial score (nSPS) is 22.6. The SMILES string of the molecule is CN1CC(CCN2CCOCC2)c2nc3ccccc3n2C1=O. The third kappa shape index (κ3) is 2.62. The molecule has 2 aliphatic rings. The van der Waals surface area contributed by atoms with E-state index >= 15 is 0 Å². The number of carbonyl (C=O) groups is 1. The highest BCUT2D eigenvalue weighted by atomic mass is 16.5. The first-order valence-corrected chi connectivity index (χ1v) is 8.27. The summed E-state index contributed by atoms with van der Waals surface area (Å²) < 4.78 is 7.20. The molecule has 1 aromatic carbocycles. The van der Waals surface area contributed by atoms with Crippen LogP contribution in [-0.2, 0) is 4.74 Å². The molecular formula is C17H22N4O2. The van der Waals surface area contributed by atoms with E-state index in [-0.39, 0.29) is 11.9 Å². The minimum atomic E-state index is 0.0244. The summed E-state index contributed by atoms with van der Waals surface area (Å²) in [6.07, 6.45) is 1.01. The maximum Gasteiger partial charge on any atom is 0.329 e. The monoisotopic (exact) mass is 314 g/mol. The molecule has 1 fully saturated rings. The summed E-state index contributed by atoms with van der Waals surface area (Å²) >= 11 is 0. The topological polar surface area (TPSA) is 50.6 Å². The van der Waals surface area contributed by atoms with Crippen molar-refractivity contribution >= 4 is 17.1 Å². The van der Waals surface area contributed by atoms with Crippen molar-refractivity contribution in [2.75, 3.05) is 46.4 Å². The van der Waals surface area contributed by atoms with Crippen molar-refractivity contribution in [1.82, 2.24) is 19.4 Å². The molecule has 6 heteroatoms. The fourth-order valence-corrected chi connectivity index (χ4v) is 3.56. The van der Waals surface area contributed by atoms with E-state index in [0.717, 1.165) is 62.7 Å². The van der Waals surface area contributed by atoms with Crippen LogP contribution in [-0.4, -0.2) is 71.8 Å². The van der Waals surface area contributed by atoms with Gasteiger partial charge in [-0.2, -0.15) is 0 Å². The van der Waals surface area contributed by atoms with E-state index in [0.29, 0.717) is 0 Å². The number of hydrogen-bond acceptors (Lipinski definition) is 4. The zero-order chi connectivity index (χ0) is 15.8. The van der Waals surface area contributed by atoms with Crippen molar-refractivity contribution in [2.45, 2.75) is 12.3 Å². The van der Waals surface area contributed by atoms with Gasteiger partial charge in [-0.3, -0.25) is 4.90 Å². The molecule has 23 heavy (non-hydrogen) atoms. The maximum atomic E-state index is 12.6. The summed E-state index contributed by atoms with van der Waals surface area (Å²) in [7, 11) is 1.88. The Morgan fingerprint density at radius 2 is 2.04 bits per heavy atom. The number of benzene rings is 1. The molecule has 1 unspecified atom stereocenters. The van der Waals surface area contributed by atoms with Crippen LogP contribution in [0.15, 0.2) is 24.3 Å². The van der Waals surface area contributed by atoms with Gasteiger partial charge in [0, 0.05) is 32.6 Å². The Morgan fingerprint density at radius 1 is 1.26 bits per heavy atom. The predicted octanol–water partition coefficient (Wildman–Crippen LogP) is 1.76. The van der Waals surface area contributed by atoms with Crippen LogP contribution in [0.4, 0.5) is 4.79 Å². The second-order valence-electron chi connectivity index (χ2n) is 6.40. The van der Waals surface area contributed by atoms with Gasteiger partial charge in [-0.25, -0.2) is 14.3 Å². The number of hydrogen-bond donors (Lipinski definition) is 0. The zero-order valence-corrected chi connectivity index (χ0v) is 13.4. The fourth-order valence-electron chi connectivity index (χ4n) is 3.56. The van der Waals surface area contributed by atoms with Crippen LogP contribution < -0.4 is 0 Å². The van der Waals surface area contributed by atoms with E-state index in [1.54, 1.807) is 4.57 Å². The van der Waals surface area contributed by atoms with Crippen molar-refractivity contribution in [3.8, 4) is 0 Å². The van der Waals surface area contributed by atoms with Gasteiger partial charge in [-0.1, -0.05) is 12.1 Å². The van der Waals surface area contributed by atoms with Crippen molar-refractivity contribution in [3.05, 3.63) is 30.1 Å². The van der Waals surface area contributed by atoms with Crippen LogP contribution in [0.5, 0.6) is 0 Å². The van der Waals surface area contributed by atoms with Crippen LogP contribution >= 0.6 is 0 Å². The summed E-state index contributed by atoms with van der Waals surface area (Å²) in [5.74, 6) is 1.20. The lowest BCUT2D eigenvalue weighted by Crippen LogP contribution is -2.43. The third-order valence-electron chi connectivity index (χ3n) is 4.86. The van der Waals surface area contributed by atoms with E-state index in [4.69, 9.17) is 9.72 Å². The van der Waals surface area contributed by atoms with Gasteiger partial charge in [-0.05, 0) is 25.1 Å². The summed E-state index contributed by atoms with van der Waals surface area (Å²) in [5.41, 5.74) is 1.82. The van der Waals surface area contributed by atoms with E-state index < -0.39 is 0 Å². The zero-order valence-electron chi connectivity index (χ0n) is 13.4. The third-order valence-corrected chi connectivity index (χ3v) is 4.86. The highest BCUT2D eigenvalue weighted by molar-refractivity contribution is 5.91. The second-order valence-corrected chi connectivity index (χ2v) is 6.40. The lowest BCUT2D eigenvalue weighted by molar-refractivity contribution is 0.0360. The number of likely N-dealkylation sites (N-methyl/N-ethyl adjacent to an activating group) is 1. The molecule has 1 amide bonds. The quantitative estimate of drug-likeness (QED) is 0.866. The predicted molar refractivity (Wildman–Crippen MR) is 87.8 cm³/mol. The van der Waals surface area contributed by atoms with Gasteiger partial charge in [0.05, 0.1) is 24.2 Å². The maximum absolute atomic E-state index is 12.6. The van der Waals surface area contributed by atoms with Crippen molar-refractivity contribution in [3.63, 3.8) is 0 Å². The first-order valence-electron chi connectivity index (χ1n) is 8.27. The van der Waals surface area contributed by atoms with Crippen LogP contribution in [0.3, 0.4) is 0 Å². The summed E-state index contributed by atoms with van der Waals surface area (Å²) in [6.45, 7) is 5.41. The molecule has 0 radical (unpaired) electrons. The lowest BCUT2D eigenvalue weighted by atomic mass is 10.0. The van der Waals surface area contributed by atoms with Crippen LogP contribution in [0.25, 0.3) is 11.0 Å². The van der Waals surface area contributed by atoms with Gasteiger partial charge in [0.25, 0.3) is 0 Å². The molecule has 1 aromatic heterocycles. The standard InChI is InChI=1S/C17H22N4O2/c1-19-12-13(6-7-20-8-10-23-11-9-20)16-18-14-4-2-3-5-15(14)21(16)17(19)22/h2-5,13H,6-12H2,1H3. The lowest BCUT2D eigenvalue weighted by Gasteiger charge is -2.33. The largest absolute Gasteiger partial charge is 0.379 e. The second kappa shape index (κ2) is 5.94. The Labute approximate surface area is 135 Å². The molecule has 0 bridgehead atoms.